The van der Waals surface area contributed by atoms with Gasteiger partial charge in [-0.3, -0.25) is 9.79 Å². The first-order chi connectivity index (χ1) is 15.6. The summed E-state index contributed by atoms with van der Waals surface area (Å²) < 4.78 is 5.37. The molecule has 0 atom stereocenters. The number of benzene rings is 3. The summed E-state index contributed by atoms with van der Waals surface area (Å²) in [4.78, 5) is 22.1. The molecule has 0 spiro atoms. The predicted molar refractivity (Wildman–Crippen MR) is 133 cm³/mol. The number of rotatable bonds is 6. The molecule has 1 aliphatic rings. The third-order valence-electron chi connectivity index (χ3n) is 4.91. The molecule has 0 bridgehead atoms. The monoisotopic (exact) mass is 463 g/mol. The van der Waals surface area contributed by atoms with Crippen LogP contribution in [0.1, 0.15) is 17.5 Å². The number of carbonyl (C=O) groups excluding carboxylic acids is 1. The Morgan fingerprint density at radius 3 is 2.56 bits per heavy atom. The average molecular weight is 464 g/mol. The van der Waals surface area contributed by atoms with Crippen molar-refractivity contribution in [2.75, 3.05) is 12.9 Å². The Kier molecular flexibility index (Phi) is 7.24. The maximum atomic E-state index is 12.5. The van der Waals surface area contributed by atoms with Gasteiger partial charge >= 0.3 is 0 Å². The normalized spacial score (nSPS) is 12.8. The number of hydrogen-bond acceptors (Lipinski definition) is 5. The Morgan fingerprint density at radius 1 is 1.03 bits per heavy atom. The van der Waals surface area contributed by atoms with E-state index >= 15 is 0 Å². The van der Waals surface area contributed by atoms with E-state index in [0.717, 1.165) is 39.0 Å². The number of para-hydroxylation sites is 2. The minimum absolute atomic E-state index is 0.0741. The zero-order valence-corrected chi connectivity index (χ0v) is 19.1. The van der Waals surface area contributed by atoms with Gasteiger partial charge in [-0.15, -0.1) is 11.8 Å². The highest BCUT2D eigenvalue weighted by atomic mass is 35.5. The molecule has 3 aromatic rings. The van der Waals surface area contributed by atoms with Crippen LogP contribution in [0.3, 0.4) is 0 Å². The average Bonchev–Trinajstić information content (AvgIpc) is 3.01. The van der Waals surface area contributed by atoms with Gasteiger partial charge in [0.1, 0.15) is 5.75 Å². The number of halogens is 1. The third kappa shape index (κ3) is 5.58. The number of nitrogens with one attached hydrogen (secondary N) is 1. The molecule has 1 amide bonds. The fraction of sp³-hybridized carbons (Fsp3) is 0.160. The van der Waals surface area contributed by atoms with E-state index in [4.69, 9.17) is 26.3 Å². The van der Waals surface area contributed by atoms with Crippen molar-refractivity contribution in [3.05, 3.63) is 88.9 Å². The van der Waals surface area contributed by atoms with E-state index in [2.05, 4.69) is 5.32 Å². The number of carbonyl (C=O) groups is 1. The van der Waals surface area contributed by atoms with Gasteiger partial charge < -0.3 is 10.1 Å². The lowest BCUT2D eigenvalue weighted by Crippen LogP contribution is -2.25. The summed E-state index contributed by atoms with van der Waals surface area (Å²) >= 11 is 7.59. The lowest BCUT2D eigenvalue weighted by molar-refractivity contribution is -0.118. The van der Waals surface area contributed by atoms with E-state index in [1.165, 1.54) is 11.8 Å². The molecule has 0 aliphatic carbocycles. The number of fused-ring (bicyclic) bond motifs is 1. The van der Waals surface area contributed by atoms with Crippen molar-refractivity contribution in [1.82, 2.24) is 5.32 Å². The van der Waals surface area contributed by atoms with Gasteiger partial charge in [0.05, 0.1) is 35.0 Å². The number of ether oxygens (including phenoxy) is 1. The summed E-state index contributed by atoms with van der Waals surface area (Å²) in [6, 6.07) is 23.1. The zero-order chi connectivity index (χ0) is 22.3. The number of thioether (sulfide) groups is 1. The van der Waals surface area contributed by atoms with Crippen LogP contribution in [-0.2, 0) is 11.3 Å². The quantitative estimate of drug-likeness (QED) is 0.491. The Balaban J connectivity index is 1.48. The van der Waals surface area contributed by atoms with Crippen molar-refractivity contribution >= 4 is 51.4 Å². The van der Waals surface area contributed by atoms with Gasteiger partial charge in [0.25, 0.3) is 0 Å². The number of methoxy groups -OCH3 is 1. The van der Waals surface area contributed by atoms with Crippen molar-refractivity contribution < 1.29 is 9.53 Å². The standard InChI is InChI=1S/C25H22ClN3O2S/c1-31-19-9-6-8-17(13-19)23-14-25(29-22-12-5-4-11-21(22)28-23)32-16-24(30)27-15-18-7-2-3-10-20(18)26/h2-13H,14-16H2,1H3,(H,27,30). The summed E-state index contributed by atoms with van der Waals surface area (Å²) in [5, 5.41) is 4.41. The van der Waals surface area contributed by atoms with Crippen molar-refractivity contribution in [3.63, 3.8) is 0 Å². The molecule has 3 aromatic carbocycles. The summed E-state index contributed by atoms with van der Waals surface area (Å²) in [5.41, 5.74) is 4.35. The van der Waals surface area contributed by atoms with Crippen LogP contribution >= 0.6 is 23.4 Å². The Hall–Kier alpha value is -3.09. The summed E-state index contributed by atoms with van der Waals surface area (Å²) in [6.07, 6.45) is 0.532. The molecule has 1 aliphatic heterocycles. The highest BCUT2D eigenvalue weighted by Gasteiger charge is 2.17. The molecule has 0 unspecified atom stereocenters. The Morgan fingerprint density at radius 2 is 1.78 bits per heavy atom. The molecule has 0 aromatic heterocycles. The fourth-order valence-electron chi connectivity index (χ4n) is 3.24. The molecule has 4 rings (SSSR count). The third-order valence-corrected chi connectivity index (χ3v) is 6.25. The van der Waals surface area contributed by atoms with Gasteiger partial charge in [0.2, 0.25) is 5.91 Å². The molecule has 162 valence electrons. The number of aliphatic imine (C=N–C) groups is 2. The van der Waals surface area contributed by atoms with Gasteiger partial charge in [-0.05, 0) is 35.9 Å². The Labute approximate surface area is 196 Å². The molecule has 7 heteroatoms. The van der Waals surface area contributed by atoms with Gasteiger partial charge in [-0.1, -0.05) is 54.1 Å². The molecule has 1 heterocycles. The summed E-state index contributed by atoms with van der Waals surface area (Å²) in [6.45, 7) is 0.394. The lowest BCUT2D eigenvalue weighted by Gasteiger charge is -2.10. The maximum absolute atomic E-state index is 12.5. The topological polar surface area (TPSA) is 63.1 Å². The first-order valence-electron chi connectivity index (χ1n) is 10.1. The first-order valence-corrected chi connectivity index (χ1v) is 11.5. The summed E-state index contributed by atoms with van der Waals surface area (Å²) in [5.74, 6) is 0.958. The van der Waals surface area contributed by atoms with E-state index < -0.39 is 0 Å². The van der Waals surface area contributed by atoms with Crippen LogP contribution < -0.4 is 10.1 Å². The van der Waals surface area contributed by atoms with Crippen LogP contribution in [0.15, 0.2) is 82.8 Å². The molecular weight excluding hydrogens is 442 g/mol. The van der Waals surface area contributed by atoms with Crippen molar-refractivity contribution in [3.8, 4) is 5.75 Å². The lowest BCUT2D eigenvalue weighted by atomic mass is 10.1. The van der Waals surface area contributed by atoms with Crippen LogP contribution in [0.25, 0.3) is 0 Å². The SMILES string of the molecule is COc1cccc(C2=Nc3ccccc3N=C(SCC(=O)NCc3ccccc3Cl)C2)c1. The number of nitrogens with zero attached hydrogens (tertiary/aromatic N) is 2. The molecule has 0 fully saturated rings. The van der Waals surface area contributed by atoms with Gasteiger partial charge in [-0.25, -0.2) is 4.99 Å². The Bertz CT molecular complexity index is 1190. The first kappa shape index (κ1) is 22.1. The molecule has 0 saturated heterocycles. The van der Waals surface area contributed by atoms with Crippen LogP contribution in [0, 0.1) is 0 Å². The van der Waals surface area contributed by atoms with Crippen LogP contribution in [0.4, 0.5) is 11.4 Å². The minimum Gasteiger partial charge on any atom is -0.497 e. The highest BCUT2D eigenvalue weighted by molar-refractivity contribution is 8.14. The van der Waals surface area contributed by atoms with Crippen LogP contribution in [0.2, 0.25) is 5.02 Å². The molecule has 32 heavy (non-hydrogen) atoms. The molecule has 0 saturated carbocycles. The van der Waals surface area contributed by atoms with E-state index in [1.807, 2.05) is 72.8 Å². The largest absolute Gasteiger partial charge is 0.497 e. The highest BCUT2D eigenvalue weighted by Crippen LogP contribution is 2.33. The number of hydrogen-bond donors (Lipinski definition) is 1. The molecule has 0 radical (unpaired) electrons. The van der Waals surface area contributed by atoms with Crippen molar-refractivity contribution in [1.29, 1.82) is 0 Å². The second kappa shape index (κ2) is 10.5. The van der Waals surface area contributed by atoms with Crippen LogP contribution in [-0.4, -0.2) is 29.5 Å². The van der Waals surface area contributed by atoms with E-state index in [-0.39, 0.29) is 11.7 Å². The minimum atomic E-state index is -0.0741. The van der Waals surface area contributed by atoms with Gasteiger partial charge in [-0.2, -0.15) is 0 Å². The van der Waals surface area contributed by atoms with Crippen LogP contribution in [0.5, 0.6) is 5.75 Å². The fourth-order valence-corrected chi connectivity index (χ4v) is 4.25. The second-order valence-corrected chi connectivity index (χ2v) is 8.57. The van der Waals surface area contributed by atoms with Crippen molar-refractivity contribution in [2.45, 2.75) is 13.0 Å². The van der Waals surface area contributed by atoms with E-state index in [1.54, 1.807) is 7.11 Å². The predicted octanol–water partition coefficient (Wildman–Crippen LogP) is 5.95. The van der Waals surface area contributed by atoms with Gasteiger partial charge in [0, 0.05) is 23.6 Å². The molecular formula is C25H22ClN3O2S. The smallest absolute Gasteiger partial charge is 0.230 e. The molecule has 1 N–H and O–H groups in total. The summed E-state index contributed by atoms with van der Waals surface area (Å²) in [7, 11) is 1.65. The van der Waals surface area contributed by atoms with Crippen molar-refractivity contribution in [2.24, 2.45) is 9.98 Å². The van der Waals surface area contributed by atoms with E-state index in [0.29, 0.717) is 18.0 Å². The molecule has 5 nitrogen and oxygen atoms in total. The second-order valence-electron chi connectivity index (χ2n) is 7.12. The number of amides is 1. The van der Waals surface area contributed by atoms with Gasteiger partial charge in [0.15, 0.2) is 0 Å². The van der Waals surface area contributed by atoms with E-state index in [9.17, 15) is 4.79 Å². The zero-order valence-electron chi connectivity index (χ0n) is 17.5. The maximum Gasteiger partial charge on any atom is 0.230 e.